The van der Waals surface area contributed by atoms with Gasteiger partial charge >= 0.3 is 0 Å². The molecule has 1 aromatic heterocycles. The van der Waals surface area contributed by atoms with Crippen molar-refractivity contribution in [3.05, 3.63) is 54.4 Å². The highest BCUT2D eigenvalue weighted by atomic mass is 16.5. The van der Waals surface area contributed by atoms with Crippen LogP contribution in [-0.4, -0.2) is 16.3 Å². The molecule has 1 atom stereocenters. The summed E-state index contributed by atoms with van der Waals surface area (Å²) >= 11 is 0. The van der Waals surface area contributed by atoms with Crippen molar-refractivity contribution in [2.45, 2.75) is 26.5 Å². The Morgan fingerprint density at radius 1 is 1.16 bits per heavy atom. The minimum Gasteiger partial charge on any atom is -0.492 e. The van der Waals surface area contributed by atoms with Crippen molar-refractivity contribution in [1.82, 2.24) is 4.57 Å². The number of benzene rings is 1. The van der Waals surface area contributed by atoms with Crippen molar-refractivity contribution in [2.24, 2.45) is 5.92 Å². The highest BCUT2D eigenvalue weighted by Crippen LogP contribution is 2.21. The van der Waals surface area contributed by atoms with Gasteiger partial charge in [0, 0.05) is 12.4 Å². The van der Waals surface area contributed by atoms with Crippen LogP contribution in [0.15, 0.2) is 48.8 Å². The number of hydrogen-bond acceptors (Lipinski definition) is 2. The first-order valence-corrected chi connectivity index (χ1v) is 6.68. The first-order chi connectivity index (χ1) is 9.16. The van der Waals surface area contributed by atoms with Crippen LogP contribution in [0.5, 0.6) is 5.75 Å². The number of aromatic nitrogens is 1. The molecular weight excluding hydrogens is 238 g/mol. The third-order valence-corrected chi connectivity index (χ3v) is 3.11. The van der Waals surface area contributed by atoms with Crippen LogP contribution in [0, 0.1) is 5.92 Å². The van der Waals surface area contributed by atoms with Crippen LogP contribution in [0.2, 0.25) is 0 Å². The Hall–Kier alpha value is -1.74. The van der Waals surface area contributed by atoms with E-state index in [1.807, 2.05) is 67.2 Å². The molecular formula is C16H21NO2. The maximum Gasteiger partial charge on any atom is 0.119 e. The Balaban J connectivity index is 1.84. The predicted octanol–water partition coefficient (Wildman–Crippen LogP) is 3.26. The lowest BCUT2D eigenvalue weighted by atomic mass is 10.0. The highest BCUT2D eigenvalue weighted by molar-refractivity contribution is 5.20. The number of para-hydroxylation sites is 1. The molecule has 0 aliphatic rings. The molecule has 0 spiro atoms. The number of hydrogen-bond donors (Lipinski definition) is 1. The van der Waals surface area contributed by atoms with Gasteiger partial charge in [0.25, 0.3) is 0 Å². The van der Waals surface area contributed by atoms with Gasteiger partial charge in [0.2, 0.25) is 0 Å². The van der Waals surface area contributed by atoms with Gasteiger partial charge in [0.1, 0.15) is 12.4 Å². The lowest BCUT2D eigenvalue weighted by molar-refractivity contribution is 0.127. The van der Waals surface area contributed by atoms with Crippen molar-refractivity contribution < 1.29 is 9.84 Å². The molecule has 1 N–H and O–H groups in total. The summed E-state index contributed by atoms with van der Waals surface area (Å²) in [5, 5.41) is 9.97. The van der Waals surface area contributed by atoms with Gasteiger partial charge in [-0.2, -0.15) is 0 Å². The first-order valence-electron chi connectivity index (χ1n) is 6.68. The molecule has 2 rings (SSSR count). The van der Waals surface area contributed by atoms with Crippen LogP contribution in [0.4, 0.5) is 0 Å². The lowest BCUT2D eigenvalue weighted by Crippen LogP contribution is -2.07. The molecule has 0 aliphatic carbocycles. The van der Waals surface area contributed by atoms with Gasteiger partial charge in [0.05, 0.1) is 12.6 Å². The first kappa shape index (κ1) is 13.7. The highest BCUT2D eigenvalue weighted by Gasteiger charge is 2.12. The number of aliphatic hydroxyl groups excluding tert-OH is 1. The molecule has 0 aliphatic heterocycles. The van der Waals surface area contributed by atoms with Crippen molar-refractivity contribution in [2.75, 3.05) is 6.61 Å². The van der Waals surface area contributed by atoms with Crippen LogP contribution in [-0.2, 0) is 6.54 Å². The van der Waals surface area contributed by atoms with Gasteiger partial charge < -0.3 is 14.4 Å². The van der Waals surface area contributed by atoms with E-state index in [2.05, 4.69) is 0 Å². The van der Waals surface area contributed by atoms with E-state index in [9.17, 15) is 5.11 Å². The predicted molar refractivity (Wildman–Crippen MR) is 76.2 cm³/mol. The second-order valence-electron chi connectivity index (χ2n) is 5.03. The van der Waals surface area contributed by atoms with Gasteiger partial charge in [-0.25, -0.2) is 0 Å². The van der Waals surface area contributed by atoms with E-state index < -0.39 is 6.10 Å². The van der Waals surface area contributed by atoms with E-state index in [-0.39, 0.29) is 5.92 Å². The summed E-state index contributed by atoms with van der Waals surface area (Å²) in [5.41, 5.74) is 0.967. The normalized spacial score (nSPS) is 12.6. The monoisotopic (exact) mass is 259 g/mol. The van der Waals surface area contributed by atoms with Gasteiger partial charge in [-0.3, -0.25) is 0 Å². The summed E-state index contributed by atoms with van der Waals surface area (Å²) in [5.74, 6) is 1.12. The zero-order chi connectivity index (χ0) is 13.7. The standard InChI is InChI=1S/C16H21NO2/c1-13(2)16(18)14-8-9-17(12-14)10-11-19-15-6-4-3-5-7-15/h3-9,12-13,16,18H,10-11H2,1-2H3. The average molecular weight is 259 g/mol. The minimum atomic E-state index is -0.392. The summed E-state index contributed by atoms with van der Waals surface area (Å²) in [6.45, 7) is 5.43. The molecule has 3 nitrogen and oxygen atoms in total. The summed E-state index contributed by atoms with van der Waals surface area (Å²) in [4.78, 5) is 0. The van der Waals surface area contributed by atoms with Crippen molar-refractivity contribution in [1.29, 1.82) is 0 Å². The smallest absolute Gasteiger partial charge is 0.119 e. The van der Waals surface area contributed by atoms with E-state index >= 15 is 0 Å². The summed E-state index contributed by atoms with van der Waals surface area (Å²) < 4.78 is 7.69. The van der Waals surface area contributed by atoms with Gasteiger partial charge in [-0.15, -0.1) is 0 Å². The Bertz CT molecular complexity index is 490. The topological polar surface area (TPSA) is 34.4 Å². The van der Waals surface area contributed by atoms with E-state index in [4.69, 9.17) is 4.74 Å². The van der Waals surface area contributed by atoms with Gasteiger partial charge in [0.15, 0.2) is 0 Å². The molecule has 19 heavy (non-hydrogen) atoms. The molecule has 1 unspecified atom stereocenters. The molecule has 0 saturated carbocycles. The average Bonchev–Trinajstić information content (AvgIpc) is 2.88. The molecule has 0 amide bonds. The van der Waals surface area contributed by atoms with Crippen LogP contribution in [0.1, 0.15) is 25.5 Å². The third kappa shape index (κ3) is 3.86. The minimum absolute atomic E-state index is 0.233. The maximum atomic E-state index is 9.97. The number of aliphatic hydroxyl groups is 1. The second kappa shape index (κ2) is 6.43. The number of ether oxygens (including phenoxy) is 1. The van der Waals surface area contributed by atoms with Crippen LogP contribution < -0.4 is 4.74 Å². The summed E-state index contributed by atoms with van der Waals surface area (Å²) in [6.07, 6.45) is 3.57. The SMILES string of the molecule is CC(C)C(O)c1ccn(CCOc2ccccc2)c1. The molecule has 102 valence electrons. The number of nitrogens with zero attached hydrogens (tertiary/aromatic N) is 1. The lowest BCUT2D eigenvalue weighted by Gasteiger charge is -2.12. The summed E-state index contributed by atoms with van der Waals surface area (Å²) in [6, 6.07) is 11.8. The second-order valence-corrected chi connectivity index (χ2v) is 5.03. The third-order valence-electron chi connectivity index (χ3n) is 3.11. The fourth-order valence-corrected chi connectivity index (χ4v) is 1.94. The van der Waals surface area contributed by atoms with Crippen molar-refractivity contribution >= 4 is 0 Å². The Morgan fingerprint density at radius 3 is 2.58 bits per heavy atom. The zero-order valence-electron chi connectivity index (χ0n) is 11.5. The largest absolute Gasteiger partial charge is 0.492 e. The van der Waals surface area contributed by atoms with Crippen LogP contribution in [0.25, 0.3) is 0 Å². The fourth-order valence-electron chi connectivity index (χ4n) is 1.94. The van der Waals surface area contributed by atoms with E-state index in [1.165, 1.54) is 0 Å². The van der Waals surface area contributed by atoms with E-state index in [1.54, 1.807) is 0 Å². The van der Waals surface area contributed by atoms with Crippen molar-refractivity contribution in [3.8, 4) is 5.75 Å². The zero-order valence-corrected chi connectivity index (χ0v) is 11.5. The van der Waals surface area contributed by atoms with Gasteiger partial charge in [-0.05, 0) is 29.7 Å². The van der Waals surface area contributed by atoms with Crippen LogP contribution >= 0.6 is 0 Å². The molecule has 0 bridgehead atoms. The Morgan fingerprint density at radius 2 is 1.89 bits per heavy atom. The van der Waals surface area contributed by atoms with E-state index in [0.29, 0.717) is 6.61 Å². The fraction of sp³-hybridized carbons (Fsp3) is 0.375. The molecule has 1 heterocycles. The van der Waals surface area contributed by atoms with Crippen LogP contribution in [0.3, 0.4) is 0 Å². The summed E-state index contributed by atoms with van der Waals surface area (Å²) in [7, 11) is 0. The molecule has 2 aromatic rings. The Kier molecular flexibility index (Phi) is 4.63. The molecule has 0 saturated heterocycles. The molecule has 1 aromatic carbocycles. The quantitative estimate of drug-likeness (QED) is 0.864. The van der Waals surface area contributed by atoms with Gasteiger partial charge in [-0.1, -0.05) is 32.0 Å². The maximum absolute atomic E-state index is 9.97. The van der Waals surface area contributed by atoms with E-state index in [0.717, 1.165) is 17.9 Å². The Labute approximate surface area is 114 Å². The molecule has 0 radical (unpaired) electrons. The van der Waals surface area contributed by atoms with Crippen molar-refractivity contribution in [3.63, 3.8) is 0 Å². The number of rotatable bonds is 6. The molecule has 0 fully saturated rings. The molecule has 3 heteroatoms.